The summed E-state index contributed by atoms with van der Waals surface area (Å²) in [6.45, 7) is 4.99. The molecule has 0 saturated heterocycles. The molecule has 0 spiro atoms. The molecule has 0 radical (unpaired) electrons. The fraction of sp³-hybridized carbons (Fsp3) is 0.944. The van der Waals surface area contributed by atoms with Gasteiger partial charge in [0.2, 0.25) is 5.91 Å². The molecule has 2 atom stereocenters. The zero-order chi connectivity index (χ0) is 55.7. The van der Waals surface area contributed by atoms with Gasteiger partial charge in [-0.3, -0.25) is 9.59 Å². The Balaban J connectivity index is 3.33. The van der Waals surface area contributed by atoms with E-state index in [1.165, 1.54) is 327 Å². The van der Waals surface area contributed by atoms with Crippen LogP contribution < -0.4 is 5.32 Å². The Bertz CT molecular complexity index is 1160. The third-order valence-corrected chi connectivity index (χ3v) is 16.8. The summed E-state index contributed by atoms with van der Waals surface area (Å²) in [7, 11) is 0. The highest BCUT2D eigenvalue weighted by atomic mass is 16.5. The van der Waals surface area contributed by atoms with Gasteiger partial charge in [-0.15, -0.1) is 0 Å². The van der Waals surface area contributed by atoms with E-state index in [2.05, 4.69) is 31.3 Å². The molecule has 0 bridgehead atoms. The molecule has 0 aliphatic carbocycles. The first-order chi connectivity index (χ1) is 38.0. The topological polar surface area (TPSA) is 95.9 Å². The summed E-state index contributed by atoms with van der Waals surface area (Å²) >= 11 is 0. The zero-order valence-corrected chi connectivity index (χ0v) is 52.5. The van der Waals surface area contributed by atoms with Gasteiger partial charge in [0.05, 0.1) is 25.4 Å². The summed E-state index contributed by atoms with van der Waals surface area (Å²) in [4.78, 5) is 24.6. The normalized spacial score (nSPS) is 12.5. The van der Waals surface area contributed by atoms with Gasteiger partial charge in [0.25, 0.3) is 0 Å². The summed E-state index contributed by atoms with van der Waals surface area (Å²) in [6.07, 6.45) is 82.6. The minimum atomic E-state index is -0.661. The number of rotatable bonds is 67. The number of carbonyl (C=O) groups is 2. The van der Waals surface area contributed by atoms with Gasteiger partial charge in [-0.1, -0.05) is 353 Å². The molecule has 0 aromatic carbocycles. The van der Waals surface area contributed by atoms with Crippen LogP contribution in [0.2, 0.25) is 0 Å². The molecule has 0 fully saturated rings. The number of amides is 1. The monoisotopic (exact) mass is 1090 g/mol. The minimum Gasteiger partial charge on any atom is -0.466 e. The van der Waals surface area contributed by atoms with Crippen molar-refractivity contribution in [2.24, 2.45) is 0 Å². The van der Waals surface area contributed by atoms with Crippen molar-refractivity contribution in [1.29, 1.82) is 0 Å². The van der Waals surface area contributed by atoms with Crippen LogP contribution in [0.1, 0.15) is 406 Å². The molecular formula is C71H139NO5. The second-order valence-corrected chi connectivity index (χ2v) is 24.6. The second kappa shape index (κ2) is 67.1. The van der Waals surface area contributed by atoms with Crippen LogP contribution in [0.15, 0.2) is 12.2 Å². The van der Waals surface area contributed by atoms with Crippen LogP contribution in [0.25, 0.3) is 0 Å². The Morgan fingerprint density at radius 3 is 0.922 bits per heavy atom. The van der Waals surface area contributed by atoms with Crippen LogP contribution in [-0.2, 0) is 14.3 Å². The third-order valence-electron chi connectivity index (χ3n) is 16.8. The van der Waals surface area contributed by atoms with Crippen LogP contribution in [0, 0.1) is 0 Å². The van der Waals surface area contributed by atoms with Gasteiger partial charge >= 0.3 is 5.97 Å². The molecule has 458 valence electrons. The van der Waals surface area contributed by atoms with Crippen LogP contribution in [0.4, 0.5) is 0 Å². The first-order valence-electron chi connectivity index (χ1n) is 35.4. The van der Waals surface area contributed by atoms with Crippen LogP contribution >= 0.6 is 0 Å². The van der Waals surface area contributed by atoms with Crippen LogP contribution in [-0.4, -0.2) is 47.4 Å². The van der Waals surface area contributed by atoms with Gasteiger partial charge in [0, 0.05) is 12.8 Å². The van der Waals surface area contributed by atoms with Crippen molar-refractivity contribution >= 4 is 11.9 Å². The number of unbranched alkanes of at least 4 members (excludes halogenated alkanes) is 54. The first kappa shape index (κ1) is 75.6. The molecule has 0 saturated carbocycles. The average Bonchev–Trinajstić information content (AvgIpc) is 3.43. The van der Waals surface area contributed by atoms with E-state index in [0.717, 1.165) is 44.9 Å². The molecule has 0 aliphatic rings. The summed E-state index contributed by atoms with van der Waals surface area (Å²) in [6, 6.07) is -0.538. The Labute approximate surface area is 482 Å². The molecular weight excluding hydrogens is 947 g/mol. The Morgan fingerprint density at radius 1 is 0.351 bits per heavy atom. The lowest BCUT2D eigenvalue weighted by Gasteiger charge is -2.22. The quantitative estimate of drug-likeness (QED) is 0.0320. The van der Waals surface area contributed by atoms with Crippen LogP contribution in [0.5, 0.6) is 0 Å². The lowest BCUT2D eigenvalue weighted by Crippen LogP contribution is -2.45. The van der Waals surface area contributed by atoms with E-state index >= 15 is 0 Å². The number of aliphatic hydroxyl groups excluding tert-OH is 2. The van der Waals surface area contributed by atoms with Gasteiger partial charge < -0.3 is 20.3 Å². The fourth-order valence-corrected chi connectivity index (χ4v) is 11.4. The average molecular weight is 1090 g/mol. The second-order valence-electron chi connectivity index (χ2n) is 24.6. The molecule has 6 heteroatoms. The Kier molecular flexibility index (Phi) is 65.9. The van der Waals surface area contributed by atoms with Gasteiger partial charge in [-0.25, -0.2) is 0 Å². The molecule has 0 heterocycles. The first-order valence-corrected chi connectivity index (χ1v) is 35.4. The van der Waals surface area contributed by atoms with Crippen molar-refractivity contribution in [3.05, 3.63) is 12.2 Å². The van der Waals surface area contributed by atoms with Gasteiger partial charge in [-0.2, -0.15) is 0 Å². The minimum absolute atomic E-state index is 0.0125. The van der Waals surface area contributed by atoms with Crippen molar-refractivity contribution in [2.45, 2.75) is 418 Å². The molecule has 6 nitrogen and oxygen atoms in total. The van der Waals surface area contributed by atoms with Crippen molar-refractivity contribution in [3.63, 3.8) is 0 Å². The number of nitrogens with one attached hydrogen (secondary N) is 1. The van der Waals surface area contributed by atoms with E-state index in [-0.39, 0.29) is 18.5 Å². The van der Waals surface area contributed by atoms with Crippen molar-refractivity contribution in [3.8, 4) is 0 Å². The van der Waals surface area contributed by atoms with Crippen molar-refractivity contribution < 1.29 is 24.5 Å². The lowest BCUT2D eigenvalue weighted by molar-refractivity contribution is -0.143. The van der Waals surface area contributed by atoms with Gasteiger partial charge in [0.1, 0.15) is 0 Å². The number of esters is 1. The fourth-order valence-electron chi connectivity index (χ4n) is 11.4. The molecule has 0 aromatic heterocycles. The SMILES string of the molecule is CCCCCCCC/C=C\CCCCCCCC(=O)OCCCCCCCCCCCCCCCCCCCCCCCCCCCCCCCC(=O)NC(CO)C(O)CCCCCCCCCCCCCCCCCC. The highest BCUT2D eigenvalue weighted by molar-refractivity contribution is 5.76. The number of hydrogen-bond acceptors (Lipinski definition) is 5. The molecule has 2 unspecified atom stereocenters. The van der Waals surface area contributed by atoms with Crippen LogP contribution in [0.3, 0.4) is 0 Å². The van der Waals surface area contributed by atoms with Crippen molar-refractivity contribution in [1.82, 2.24) is 5.32 Å². The number of allylic oxidation sites excluding steroid dienone is 2. The smallest absolute Gasteiger partial charge is 0.305 e. The maximum Gasteiger partial charge on any atom is 0.305 e. The van der Waals surface area contributed by atoms with E-state index in [9.17, 15) is 19.8 Å². The predicted octanol–water partition coefficient (Wildman–Crippen LogP) is 22.8. The number of hydrogen-bond donors (Lipinski definition) is 3. The summed E-state index contributed by atoms with van der Waals surface area (Å²) < 4.78 is 5.49. The van der Waals surface area contributed by atoms with E-state index in [0.29, 0.717) is 25.9 Å². The van der Waals surface area contributed by atoms with E-state index in [1.54, 1.807) is 0 Å². The maximum absolute atomic E-state index is 12.5. The summed E-state index contributed by atoms with van der Waals surface area (Å²) in [5.41, 5.74) is 0. The summed E-state index contributed by atoms with van der Waals surface area (Å²) in [5, 5.41) is 23.4. The zero-order valence-electron chi connectivity index (χ0n) is 52.5. The van der Waals surface area contributed by atoms with Gasteiger partial charge in [0.15, 0.2) is 0 Å². The van der Waals surface area contributed by atoms with E-state index in [1.807, 2.05) is 0 Å². The highest BCUT2D eigenvalue weighted by Gasteiger charge is 2.20. The van der Waals surface area contributed by atoms with Crippen molar-refractivity contribution in [2.75, 3.05) is 13.2 Å². The molecule has 3 N–H and O–H groups in total. The molecule has 0 aromatic rings. The van der Waals surface area contributed by atoms with Gasteiger partial charge in [-0.05, 0) is 51.4 Å². The molecule has 0 rings (SSSR count). The molecule has 1 amide bonds. The number of carbonyl (C=O) groups excluding carboxylic acids is 2. The largest absolute Gasteiger partial charge is 0.466 e. The molecule has 0 aliphatic heterocycles. The maximum atomic E-state index is 12.5. The Hall–Kier alpha value is -1.40. The standard InChI is InChI=1S/C71H139NO5/c1-3-5-7-9-11-13-15-17-19-36-39-43-47-51-55-59-63-69(74)68(67-73)72-70(75)64-60-56-52-48-44-40-37-33-31-29-27-25-23-21-20-22-24-26-28-30-32-34-38-42-46-50-54-58-62-66-77-71(76)65-61-57-53-49-45-41-35-18-16-14-12-10-8-6-4-2/h18,35,68-69,73-74H,3-17,19-34,36-67H2,1-2H3,(H,72,75)/b35-18-. The summed E-state index contributed by atoms with van der Waals surface area (Å²) in [5.74, 6) is -0.0153. The third kappa shape index (κ3) is 63.6. The number of ether oxygens (including phenoxy) is 1. The Morgan fingerprint density at radius 2 is 0.610 bits per heavy atom. The highest BCUT2D eigenvalue weighted by Crippen LogP contribution is 2.19. The van der Waals surface area contributed by atoms with E-state index in [4.69, 9.17) is 4.74 Å². The molecule has 77 heavy (non-hydrogen) atoms. The number of aliphatic hydroxyl groups is 2. The van der Waals surface area contributed by atoms with E-state index < -0.39 is 12.1 Å². The predicted molar refractivity (Wildman–Crippen MR) is 338 cm³/mol. The lowest BCUT2D eigenvalue weighted by atomic mass is 10.0.